The molecule has 0 fully saturated rings. The van der Waals surface area contributed by atoms with E-state index in [-0.39, 0.29) is 11.7 Å². The number of rotatable bonds is 6. The molecule has 2 heterocycles. The predicted molar refractivity (Wildman–Crippen MR) is 96.0 cm³/mol. The van der Waals surface area contributed by atoms with Gasteiger partial charge in [0, 0.05) is 56.0 Å². The molecule has 0 spiro atoms. The van der Waals surface area contributed by atoms with Crippen molar-refractivity contribution in [3.8, 4) is 22.5 Å². The molecule has 0 saturated heterocycles. The maximum atomic E-state index is 13.3. The van der Waals surface area contributed by atoms with E-state index in [2.05, 4.69) is 15.3 Å². The van der Waals surface area contributed by atoms with Crippen LogP contribution in [0.5, 0.6) is 0 Å². The van der Waals surface area contributed by atoms with Crippen LogP contribution in [0.4, 0.5) is 4.39 Å². The van der Waals surface area contributed by atoms with E-state index >= 15 is 0 Å². The summed E-state index contributed by atoms with van der Waals surface area (Å²) in [5, 5.41) is 2.79. The summed E-state index contributed by atoms with van der Waals surface area (Å²) in [5.41, 5.74) is 2.75. The lowest BCUT2D eigenvalue weighted by atomic mass is 10.1. The van der Waals surface area contributed by atoms with Gasteiger partial charge in [-0.1, -0.05) is 12.1 Å². The van der Waals surface area contributed by atoms with Crippen molar-refractivity contribution >= 4 is 5.91 Å². The van der Waals surface area contributed by atoms with Gasteiger partial charge in [-0.05, 0) is 18.2 Å². The predicted octanol–water partition coefficient (Wildman–Crippen LogP) is 2.66. The molecule has 1 N–H and O–H groups in total. The topological polar surface area (TPSA) is 69.0 Å². The minimum atomic E-state index is -0.331. The number of aromatic nitrogens is 3. The first-order valence-corrected chi connectivity index (χ1v) is 8.10. The Morgan fingerprint density at radius 3 is 2.65 bits per heavy atom. The second-order valence-corrected chi connectivity index (χ2v) is 5.78. The first kappa shape index (κ1) is 17.8. The fraction of sp³-hybridized carbons (Fsp3) is 0.211. The molecule has 3 aromatic rings. The molecule has 0 atom stereocenters. The Balaban J connectivity index is 1.79. The third-order valence-corrected chi connectivity index (χ3v) is 3.90. The Labute approximate surface area is 150 Å². The van der Waals surface area contributed by atoms with Gasteiger partial charge in [-0.25, -0.2) is 14.4 Å². The van der Waals surface area contributed by atoms with Gasteiger partial charge in [0.1, 0.15) is 11.5 Å². The third-order valence-electron chi connectivity index (χ3n) is 3.90. The fourth-order valence-corrected chi connectivity index (χ4v) is 2.56. The third kappa shape index (κ3) is 3.94. The number of nitrogens with one attached hydrogen (secondary N) is 1. The van der Waals surface area contributed by atoms with Crippen LogP contribution in [0, 0.1) is 5.82 Å². The van der Waals surface area contributed by atoms with Gasteiger partial charge in [0.25, 0.3) is 5.91 Å². The number of carbonyl (C=O) groups is 1. The molecule has 3 rings (SSSR count). The van der Waals surface area contributed by atoms with Gasteiger partial charge in [0.2, 0.25) is 0 Å². The highest BCUT2D eigenvalue weighted by atomic mass is 19.1. The molecule has 0 aliphatic heterocycles. The van der Waals surface area contributed by atoms with E-state index in [1.807, 2.05) is 6.20 Å². The lowest BCUT2D eigenvalue weighted by Crippen LogP contribution is -2.28. The highest BCUT2D eigenvalue weighted by molar-refractivity contribution is 5.94. The van der Waals surface area contributed by atoms with Gasteiger partial charge in [-0.15, -0.1) is 0 Å². The number of amides is 1. The Bertz CT molecular complexity index is 906. The second-order valence-electron chi connectivity index (χ2n) is 5.78. The van der Waals surface area contributed by atoms with Crippen LogP contribution < -0.4 is 5.32 Å². The molecule has 7 heteroatoms. The molecule has 1 amide bonds. The first-order chi connectivity index (χ1) is 12.6. The van der Waals surface area contributed by atoms with E-state index in [1.54, 1.807) is 49.3 Å². The van der Waals surface area contributed by atoms with Gasteiger partial charge < -0.3 is 14.6 Å². The largest absolute Gasteiger partial charge is 0.383 e. The molecule has 2 aromatic heterocycles. The molecule has 26 heavy (non-hydrogen) atoms. The molecule has 1 aromatic carbocycles. The van der Waals surface area contributed by atoms with Crippen LogP contribution in [0.25, 0.3) is 22.5 Å². The summed E-state index contributed by atoms with van der Waals surface area (Å²) in [6, 6.07) is 7.92. The molecule has 134 valence electrons. The molecule has 6 nitrogen and oxygen atoms in total. The van der Waals surface area contributed by atoms with Crippen LogP contribution in [-0.4, -0.2) is 40.7 Å². The molecule has 0 aliphatic carbocycles. The summed E-state index contributed by atoms with van der Waals surface area (Å²) < 4.78 is 20.0. The fourth-order valence-electron chi connectivity index (χ4n) is 2.56. The average Bonchev–Trinajstić information content (AvgIpc) is 3.04. The highest BCUT2D eigenvalue weighted by Crippen LogP contribution is 2.22. The van der Waals surface area contributed by atoms with Crippen LogP contribution in [0.15, 0.2) is 48.9 Å². The van der Waals surface area contributed by atoms with Crippen LogP contribution in [-0.2, 0) is 11.8 Å². The van der Waals surface area contributed by atoms with Gasteiger partial charge in [0.05, 0.1) is 6.61 Å². The Hall–Kier alpha value is -3.06. The van der Waals surface area contributed by atoms with Gasteiger partial charge in [0.15, 0.2) is 5.82 Å². The zero-order valence-corrected chi connectivity index (χ0v) is 14.6. The number of halogens is 1. The number of hydrogen-bond donors (Lipinski definition) is 1. The van der Waals surface area contributed by atoms with Gasteiger partial charge in [-0.2, -0.15) is 0 Å². The summed E-state index contributed by atoms with van der Waals surface area (Å²) in [5.74, 6) is -0.0582. The number of benzene rings is 1. The number of hydrogen-bond acceptors (Lipinski definition) is 4. The first-order valence-electron chi connectivity index (χ1n) is 8.10. The van der Waals surface area contributed by atoms with Crippen LogP contribution in [0.3, 0.4) is 0 Å². The SMILES string of the molecule is COCCNC(=O)c1cc(-c2cnc(-c3cccc(F)c3)nc2)cn1C. The smallest absolute Gasteiger partial charge is 0.267 e. The molecule has 0 unspecified atom stereocenters. The molecule has 0 radical (unpaired) electrons. The zero-order chi connectivity index (χ0) is 18.5. The number of nitrogens with zero attached hydrogens (tertiary/aromatic N) is 3. The molecular weight excluding hydrogens is 335 g/mol. The van der Waals surface area contributed by atoms with Crippen molar-refractivity contribution in [2.45, 2.75) is 0 Å². The lowest BCUT2D eigenvalue weighted by Gasteiger charge is -2.04. The Morgan fingerprint density at radius 1 is 1.19 bits per heavy atom. The van der Waals surface area contributed by atoms with E-state index < -0.39 is 0 Å². The normalized spacial score (nSPS) is 10.7. The van der Waals surface area contributed by atoms with Crippen molar-refractivity contribution in [2.24, 2.45) is 7.05 Å². The number of methoxy groups -OCH3 is 1. The zero-order valence-electron chi connectivity index (χ0n) is 14.6. The van der Waals surface area contributed by atoms with Crippen molar-refractivity contribution in [3.63, 3.8) is 0 Å². The van der Waals surface area contributed by atoms with E-state index in [1.165, 1.54) is 12.1 Å². The summed E-state index contributed by atoms with van der Waals surface area (Å²) >= 11 is 0. The van der Waals surface area contributed by atoms with Crippen molar-refractivity contribution in [3.05, 3.63) is 60.4 Å². The Kier molecular flexibility index (Phi) is 5.38. The molecule has 0 bridgehead atoms. The summed E-state index contributed by atoms with van der Waals surface area (Å²) in [6.45, 7) is 0.902. The van der Waals surface area contributed by atoms with Gasteiger partial charge >= 0.3 is 0 Å². The second kappa shape index (κ2) is 7.88. The van der Waals surface area contributed by atoms with E-state index in [4.69, 9.17) is 4.74 Å². The van der Waals surface area contributed by atoms with Crippen LogP contribution >= 0.6 is 0 Å². The molecule has 0 saturated carbocycles. The monoisotopic (exact) mass is 354 g/mol. The van der Waals surface area contributed by atoms with Crippen molar-refractivity contribution in [1.29, 1.82) is 0 Å². The van der Waals surface area contributed by atoms with Crippen molar-refractivity contribution in [2.75, 3.05) is 20.3 Å². The number of ether oxygens (including phenoxy) is 1. The maximum absolute atomic E-state index is 13.3. The highest BCUT2D eigenvalue weighted by Gasteiger charge is 2.13. The number of aryl methyl sites for hydroxylation is 1. The summed E-state index contributed by atoms with van der Waals surface area (Å²) in [4.78, 5) is 20.8. The minimum Gasteiger partial charge on any atom is -0.383 e. The quantitative estimate of drug-likeness (QED) is 0.691. The van der Waals surface area contributed by atoms with Crippen LogP contribution in [0.1, 0.15) is 10.5 Å². The standard InChI is InChI=1S/C19H19FN4O2/c1-24-12-14(9-17(24)19(25)21-6-7-26-2)15-10-22-18(23-11-15)13-4-3-5-16(20)8-13/h3-5,8-12H,6-7H2,1-2H3,(H,21,25). The maximum Gasteiger partial charge on any atom is 0.267 e. The van der Waals surface area contributed by atoms with Crippen molar-refractivity contribution < 1.29 is 13.9 Å². The Morgan fingerprint density at radius 2 is 1.96 bits per heavy atom. The van der Waals surface area contributed by atoms with E-state index in [0.717, 1.165) is 11.1 Å². The molecular formula is C19H19FN4O2. The lowest BCUT2D eigenvalue weighted by molar-refractivity contribution is 0.0929. The minimum absolute atomic E-state index is 0.173. The average molecular weight is 354 g/mol. The van der Waals surface area contributed by atoms with Gasteiger partial charge in [-0.3, -0.25) is 4.79 Å². The summed E-state index contributed by atoms with van der Waals surface area (Å²) in [6.07, 6.45) is 5.16. The number of carbonyl (C=O) groups excluding carboxylic acids is 1. The van der Waals surface area contributed by atoms with E-state index in [9.17, 15) is 9.18 Å². The molecule has 0 aliphatic rings. The van der Waals surface area contributed by atoms with Crippen molar-refractivity contribution in [1.82, 2.24) is 19.9 Å². The van der Waals surface area contributed by atoms with E-state index in [0.29, 0.717) is 30.2 Å². The summed E-state index contributed by atoms with van der Waals surface area (Å²) in [7, 11) is 3.39. The van der Waals surface area contributed by atoms with Crippen LogP contribution in [0.2, 0.25) is 0 Å².